The van der Waals surface area contributed by atoms with E-state index in [2.05, 4.69) is 6.58 Å². The van der Waals surface area contributed by atoms with Gasteiger partial charge in [-0.3, -0.25) is 0 Å². The predicted octanol–water partition coefficient (Wildman–Crippen LogP) is 0.448. The molecule has 0 bridgehead atoms. The van der Waals surface area contributed by atoms with Crippen LogP contribution in [0.5, 0.6) is 0 Å². The summed E-state index contributed by atoms with van der Waals surface area (Å²) in [6, 6.07) is 0. The van der Waals surface area contributed by atoms with Crippen molar-refractivity contribution < 1.29 is 28.6 Å². The third-order valence-corrected chi connectivity index (χ3v) is 0. The van der Waals surface area contributed by atoms with Crippen molar-refractivity contribution >= 4 is 0 Å². The van der Waals surface area contributed by atoms with E-state index in [1.165, 1.54) is 0 Å². The Hall–Kier alpha value is -0.276. The number of hydrogen-bond acceptors (Lipinski definition) is 3. The Morgan fingerprint density at radius 2 is 1.67 bits per heavy atom. The molecule has 0 saturated carbocycles. The Kier molecular flexibility index (Phi) is 33.8. The minimum absolute atomic E-state index is 0.750. The summed E-state index contributed by atoms with van der Waals surface area (Å²) in [5.41, 5.74) is 0. The molecular formula is C2H4O3V. The molecule has 0 unspecified atom stereocenters. The van der Waals surface area contributed by atoms with Gasteiger partial charge in [0.25, 0.3) is 0 Å². The van der Waals surface area contributed by atoms with E-state index in [1.54, 1.807) is 0 Å². The predicted molar refractivity (Wildman–Crippen MR) is 14.2 cm³/mol. The van der Waals surface area contributed by atoms with E-state index >= 15 is 0 Å². The van der Waals surface area contributed by atoms with Crippen molar-refractivity contribution in [3.05, 3.63) is 12.8 Å². The molecule has 6 heavy (non-hydrogen) atoms. The van der Waals surface area contributed by atoms with Gasteiger partial charge in [-0.15, -0.1) is 0 Å². The molecule has 0 aliphatic rings. The molecule has 3 nitrogen and oxygen atoms in total. The monoisotopic (exact) mass is 127 g/mol. The second-order valence-corrected chi connectivity index (χ2v) is 0.490. The minimum atomic E-state index is -1.81. The first-order valence-electron chi connectivity index (χ1n) is 1.03. The van der Waals surface area contributed by atoms with Gasteiger partial charge in [-0.1, -0.05) is 6.58 Å². The fourth-order valence-electron chi connectivity index (χ4n) is 0. The zero-order chi connectivity index (χ0) is 5.41. The molecule has 0 fully saturated rings. The van der Waals surface area contributed by atoms with E-state index in [1.807, 2.05) is 0 Å². The molecule has 0 aromatic carbocycles. The van der Waals surface area contributed by atoms with Gasteiger partial charge in [-0.25, -0.2) is 0 Å². The van der Waals surface area contributed by atoms with Gasteiger partial charge in [0.2, 0.25) is 0 Å². The summed E-state index contributed by atoms with van der Waals surface area (Å²) in [6.45, 7) is 2.92. The van der Waals surface area contributed by atoms with Crippen LogP contribution >= 0.6 is 0 Å². The molecule has 0 saturated heterocycles. The van der Waals surface area contributed by atoms with Gasteiger partial charge in [-0.05, 0) is 0 Å². The summed E-state index contributed by atoms with van der Waals surface area (Å²) in [4.78, 5) is 0. The molecular weight excluding hydrogens is 123 g/mol. The van der Waals surface area contributed by atoms with E-state index in [-0.39, 0.29) is 0 Å². The van der Waals surface area contributed by atoms with Gasteiger partial charge in [-0.2, -0.15) is 0 Å². The SMILES string of the molecule is C=CO.[O]=[V]=[O]. The summed E-state index contributed by atoms with van der Waals surface area (Å²) < 4.78 is 16.9. The molecule has 35 valence electrons. The fourth-order valence-corrected chi connectivity index (χ4v) is 0. The molecule has 1 N–H and O–H groups in total. The molecule has 0 aromatic rings. The van der Waals surface area contributed by atoms with Gasteiger partial charge in [0.15, 0.2) is 0 Å². The van der Waals surface area contributed by atoms with E-state index < -0.39 is 16.2 Å². The quantitative estimate of drug-likeness (QED) is 0.480. The zero-order valence-corrected chi connectivity index (χ0v) is 4.39. The summed E-state index contributed by atoms with van der Waals surface area (Å²) in [7, 11) is 0. The molecule has 0 aliphatic carbocycles. The maximum absolute atomic E-state index is 8.47. The van der Waals surface area contributed by atoms with E-state index in [9.17, 15) is 0 Å². The number of hydrogen-bond donors (Lipinski definition) is 1. The van der Waals surface area contributed by atoms with Crippen molar-refractivity contribution in [3.8, 4) is 0 Å². The van der Waals surface area contributed by atoms with Crippen LogP contribution in [0.25, 0.3) is 0 Å². The average molecular weight is 127 g/mol. The fraction of sp³-hybridized carbons (Fsp3) is 0. The molecule has 0 heterocycles. The summed E-state index contributed by atoms with van der Waals surface area (Å²) in [6.07, 6.45) is 0.750. The van der Waals surface area contributed by atoms with Gasteiger partial charge in [0, 0.05) is 0 Å². The Labute approximate surface area is 42.2 Å². The van der Waals surface area contributed by atoms with Gasteiger partial charge < -0.3 is 5.11 Å². The van der Waals surface area contributed by atoms with Crippen LogP contribution in [-0.2, 0) is 23.5 Å². The van der Waals surface area contributed by atoms with E-state index in [4.69, 9.17) is 12.5 Å². The number of rotatable bonds is 0. The second-order valence-electron chi connectivity index (χ2n) is 0.257. The Morgan fingerprint density at radius 1 is 1.67 bits per heavy atom. The van der Waals surface area contributed by atoms with Crippen molar-refractivity contribution in [2.45, 2.75) is 0 Å². The first-order chi connectivity index (χ1) is 2.83. The number of aliphatic hydroxyl groups is 1. The third kappa shape index (κ3) is 364. The third-order valence-electron chi connectivity index (χ3n) is 0. The summed E-state index contributed by atoms with van der Waals surface area (Å²) >= 11 is -1.81. The summed E-state index contributed by atoms with van der Waals surface area (Å²) in [5.74, 6) is 0. The molecule has 0 atom stereocenters. The van der Waals surface area contributed by atoms with Crippen molar-refractivity contribution in [3.63, 3.8) is 0 Å². The average Bonchev–Trinajstić information content (AvgIpc) is 1.39. The molecule has 0 radical (unpaired) electrons. The van der Waals surface area contributed by atoms with Crippen molar-refractivity contribution in [1.82, 2.24) is 0 Å². The molecule has 0 amide bonds. The van der Waals surface area contributed by atoms with Crippen LogP contribution in [0.3, 0.4) is 0 Å². The van der Waals surface area contributed by atoms with Crippen molar-refractivity contribution in [2.24, 2.45) is 0 Å². The van der Waals surface area contributed by atoms with Crippen LogP contribution in [0.2, 0.25) is 0 Å². The molecule has 4 heteroatoms. The topological polar surface area (TPSA) is 54.4 Å². The first-order valence-corrected chi connectivity index (χ1v) is 2.17. The normalized spacial score (nSPS) is 3.33. The van der Waals surface area contributed by atoms with Crippen LogP contribution in [0.4, 0.5) is 0 Å². The van der Waals surface area contributed by atoms with Crippen LogP contribution in [0.1, 0.15) is 0 Å². The zero-order valence-electron chi connectivity index (χ0n) is 3.00. The van der Waals surface area contributed by atoms with Gasteiger partial charge >= 0.3 is 23.5 Å². The van der Waals surface area contributed by atoms with Crippen LogP contribution in [0, 0.1) is 0 Å². The van der Waals surface area contributed by atoms with E-state index in [0.29, 0.717) is 0 Å². The summed E-state index contributed by atoms with van der Waals surface area (Å²) in [5, 5.41) is 7.33. The van der Waals surface area contributed by atoms with Gasteiger partial charge in [0.05, 0.1) is 6.26 Å². The standard InChI is InChI=1S/C2H4O.2O.V/c1-2-3;;;/h2-3H,1H2;;;. The second kappa shape index (κ2) is 22.0. The van der Waals surface area contributed by atoms with Crippen LogP contribution in [0.15, 0.2) is 12.8 Å². The van der Waals surface area contributed by atoms with Gasteiger partial charge in [0.1, 0.15) is 0 Å². The Bertz CT molecular complexity index is 53.8. The molecule has 0 spiro atoms. The van der Waals surface area contributed by atoms with Crippen molar-refractivity contribution in [1.29, 1.82) is 0 Å². The van der Waals surface area contributed by atoms with Crippen molar-refractivity contribution in [2.75, 3.05) is 0 Å². The first kappa shape index (κ1) is 9.21. The maximum atomic E-state index is 8.47. The molecule has 0 rings (SSSR count). The number of aliphatic hydroxyl groups excluding tert-OH is 1. The molecule has 0 aliphatic heterocycles. The van der Waals surface area contributed by atoms with Crippen LogP contribution in [-0.4, -0.2) is 5.11 Å². The molecule has 0 aromatic heterocycles. The Morgan fingerprint density at radius 3 is 1.67 bits per heavy atom. The van der Waals surface area contributed by atoms with E-state index in [0.717, 1.165) is 6.26 Å². The van der Waals surface area contributed by atoms with Crippen LogP contribution < -0.4 is 0 Å². The Balaban J connectivity index is 0.